The fourth-order valence-electron chi connectivity index (χ4n) is 1.36. The first-order valence-corrected chi connectivity index (χ1v) is 5.30. The minimum Gasteiger partial charge on any atom is -0.465 e. The molecular weight excluding hydrogens is 236 g/mol. The number of ether oxygens (including phenoxy) is 1. The molecule has 0 unspecified atom stereocenters. The number of carbonyl (C=O) groups is 1. The van der Waals surface area contributed by atoms with Crippen LogP contribution in [0.5, 0.6) is 0 Å². The summed E-state index contributed by atoms with van der Waals surface area (Å²) in [5, 5.41) is 10.9. The number of hydrogen-bond acceptors (Lipinski definition) is 4. The summed E-state index contributed by atoms with van der Waals surface area (Å²) in [6, 6.07) is 4.13. The van der Waals surface area contributed by atoms with E-state index in [2.05, 4.69) is 4.74 Å². The third-order valence-corrected chi connectivity index (χ3v) is 2.24. The highest BCUT2D eigenvalue weighted by Gasteiger charge is 2.15. The van der Waals surface area contributed by atoms with Crippen LogP contribution < -0.4 is 4.90 Å². The van der Waals surface area contributed by atoms with Crippen molar-refractivity contribution in [3.8, 4) is 0 Å². The minimum atomic E-state index is -0.517. The zero-order chi connectivity index (χ0) is 13.7. The zero-order valence-corrected chi connectivity index (χ0v) is 10.5. The highest BCUT2D eigenvalue weighted by Crippen LogP contribution is 2.21. The second-order valence-electron chi connectivity index (χ2n) is 3.93. The molecule has 0 aliphatic rings. The number of nitro groups is 1. The first-order chi connectivity index (χ1) is 8.45. The lowest BCUT2D eigenvalue weighted by molar-refractivity contribution is -0.800. The normalized spacial score (nSPS) is 10.9. The molecule has 6 nitrogen and oxygen atoms in total. The molecule has 0 heterocycles. The number of nitrogens with zero attached hydrogens (tertiary/aromatic N) is 1. The molecule has 0 aliphatic heterocycles. The van der Waals surface area contributed by atoms with Crippen LogP contribution in [0.4, 0.5) is 5.69 Å². The van der Waals surface area contributed by atoms with Crippen molar-refractivity contribution in [3.63, 3.8) is 0 Å². The van der Waals surface area contributed by atoms with Gasteiger partial charge in [-0.05, 0) is 12.1 Å². The molecule has 0 atom stereocenters. The van der Waals surface area contributed by atoms with Crippen molar-refractivity contribution in [2.75, 3.05) is 21.2 Å². The highest BCUT2D eigenvalue weighted by atomic mass is 16.6. The summed E-state index contributed by atoms with van der Waals surface area (Å²) in [6.45, 7) is 0. The van der Waals surface area contributed by atoms with E-state index in [9.17, 15) is 14.9 Å². The van der Waals surface area contributed by atoms with E-state index >= 15 is 0 Å². The van der Waals surface area contributed by atoms with Gasteiger partial charge in [-0.15, -0.1) is 0 Å². The Kier molecular flexibility index (Phi) is 4.56. The van der Waals surface area contributed by atoms with Crippen molar-refractivity contribution in [1.29, 1.82) is 0 Å². The number of esters is 1. The van der Waals surface area contributed by atoms with Crippen LogP contribution in [0.2, 0.25) is 0 Å². The smallest absolute Gasteiger partial charge is 0.337 e. The Morgan fingerprint density at radius 3 is 2.61 bits per heavy atom. The largest absolute Gasteiger partial charge is 0.465 e. The SMILES string of the molecule is COC(=O)c1ccc([N+](=O)[O-])c(/C=C/[NH+](C)C)c1. The lowest BCUT2D eigenvalue weighted by atomic mass is 10.1. The molecule has 0 spiro atoms. The Balaban J connectivity index is 3.24. The average Bonchev–Trinajstić information content (AvgIpc) is 2.34. The summed E-state index contributed by atoms with van der Waals surface area (Å²) >= 11 is 0. The molecule has 1 aromatic carbocycles. The van der Waals surface area contributed by atoms with Crippen LogP contribution in [-0.2, 0) is 4.74 Å². The summed E-state index contributed by atoms with van der Waals surface area (Å²) in [5.74, 6) is -0.517. The Morgan fingerprint density at radius 1 is 1.44 bits per heavy atom. The molecule has 0 saturated heterocycles. The van der Waals surface area contributed by atoms with Gasteiger partial charge in [-0.25, -0.2) is 4.79 Å². The van der Waals surface area contributed by atoms with E-state index in [0.717, 1.165) is 4.90 Å². The molecule has 0 aromatic heterocycles. The molecule has 0 saturated carbocycles. The third-order valence-electron chi connectivity index (χ3n) is 2.24. The second kappa shape index (κ2) is 5.92. The summed E-state index contributed by atoms with van der Waals surface area (Å²) in [7, 11) is 5.03. The van der Waals surface area contributed by atoms with Gasteiger partial charge in [0.25, 0.3) is 5.69 Å². The molecule has 0 radical (unpaired) electrons. The average molecular weight is 251 g/mol. The van der Waals surface area contributed by atoms with Gasteiger partial charge in [0, 0.05) is 12.1 Å². The summed E-state index contributed by atoms with van der Waals surface area (Å²) in [5.41, 5.74) is 0.626. The fourth-order valence-corrected chi connectivity index (χ4v) is 1.36. The van der Waals surface area contributed by atoms with Gasteiger partial charge in [0.1, 0.15) is 0 Å². The molecule has 0 fully saturated rings. The van der Waals surface area contributed by atoms with Crippen molar-refractivity contribution < 1.29 is 19.4 Å². The van der Waals surface area contributed by atoms with Crippen LogP contribution in [0.1, 0.15) is 15.9 Å². The molecule has 96 valence electrons. The third kappa shape index (κ3) is 3.39. The van der Waals surface area contributed by atoms with E-state index in [4.69, 9.17) is 0 Å². The van der Waals surface area contributed by atoms with Crippen molar-refractivity contribution in [1.82, 2.24) is 0 Å². The van der Waals surface area contributed by atoms with Gasteiger partial charge in [0.2, 0.25) is 0 Å². The van der Waals surface area contributed by atoms with Crippen LogP contribution >= 0.6 is 0 Å². The lowest BCUT2D eigenvalue weighted by Crippen LogP contribution is -3.00. The van der Waals surface area contributed by atoms with Crippen LogP contribution in [0.3, 0.4) is 0 Å². The van der Waals surface area contributed by atoms with Gasteiger partial charge >= 0.3 is 5.97 Å². The van der Waals surface area contributed by atoms with Crippen LogP contribution in [0, 0.1) is 10.1 Å². The molecule has 0 bridgehead atoms. The summed E-state index contributed by atoms with van der Waals surface area (Å²) in [6.07, 6.45) is 3.36. The number of carbonyl (C=O) groups excluding carboxylic acids is 1. The monoisotopic (exact) mass is 251 g/mol. The summed E-state index contributed by atoms with van der Waals surface area (Å²) < 4.78 is 4.58. The lowest BCUT2D eigenvalue weighted by Gasteiger charge is -2.03. The maximum absolute atomic E-state index is 11.4. The van der Waals surface area contributed by atoms with E-state index in [1.54, 1.807) is 12.3 Å². The number of methoxy groups -OCH3 is 1. The number of quaternary nitrogens is 1. The van der Waals surface area contributed by atoms with Gasteiger partial charge in [0.05, 0.1) is 43.5 Å². The Morgan fingerprint density at radius 2 is 2.11 bits per heavy atom. The number of rotatable bonds is 4. The highest BCUT2D eigenvalue weighted by molar-refractivity contribution is 5.90. The minimum absolute atomic E-state index is 0.0415. The van der Waals surface area contributed by atoms with Crippen LogP contribution in [0.25, 0.3) is 6.08 Å². The van der Waals surface area contributed by atoms with E-state index in [1.807, 2.05) is 14.1 Å². The predicted octanol–water partition coefficient (Wildman–Crippen LogP) is 0.497. The van der Waals surface area contributed by atoms with E-state index in [0.29, 0.717) is 5.56 Å². The van der Waals surface area contributed by atoms with E-state index in [1.165, 1.54) is 25.3 Å². The number of nitrogens with one attached hydrogen (secondary N) is 1. The van der Waals surface area contributed by atoms with Gasteiger partial charge in [0.15, 0.2) is 0 Å². The topological polar surface area (TPSA) is 73.9 Å². The van der Waals surface area contributed by atoms with Crippen molar-refractivity contribution in [2.24, 2.45) is 0 Å². The van der Waals surface area contributed by atoms with Crippen LogP contribution in [-0.4, -0.2) is 32.1 Å². The quantitative estimate of drug-likeness (QED) is 0.480. The number of benzene rings is 1. The Hall–Kier alpha value is -2.21. The standard InChI is InChI=1S/C12H14N2O4/c1-13(2)7-6-9-8-10(12(15)18-3)4-5-11(9)14(16)17/h4-8H,1-3H3/p+1/b7-6+. The van der Waals surface area contributed by atoms with E-state index < -0.39 is 10.9 Å². The Bertz CT molecular complexity index is 495. The molecule has 1 aromatic rings. The molecule has 18 heavy (non-hydrogen) atoms. The molecule has 1 rings (SSSR count). The van der Waals surface area contributed by atoms with Gasteiger partial charge in [-0.3, -0.25) is 10.1 Å². The van der Waals surface area contributed by atoms with Gasteiger partial charge < -0.3 is 9.64 Å². The molecule has 0 amide bonds. The number of nitro benzene ring substituents is 1. The first kappa shape index (κ1) is 13.9. The van der Waals surface area contributed by atoms with Crippen LogP contribution in [0.15, 0.2) is 24.4 Å². The molecule has 1 N–H and O–H groups in total. The Labute approximate surface area is 105 Å². The molecule has 0 aliphatic carbocycles. The van der Waals surface area contributed by atoms with Crippen molar-refractivity contribution in [2.45, 2.75) is 0 Å². The van der Waals surface area contributed by atoms with Crippen molar-refractivity contribution in [3.05, 3.63) is 45.6 Å². The zero-order valence-electron chi connectivity index (χ0n) is 10.5. The van der Waals surface area contributed by atoms with E-state index in [-0.39, 0.29) is 11.3 Å². The maximum Gasteiger partial charge on any atom is 0.337 e. The second-order valence-corrected chi connectivity index (χ2v) is 3.93. The fraction of sp³-hybridized carbons (Fsp3) is 0.250. The van der Waals surface area contributed by atoms with Gasteiger partial charge in [-0.2, -0.15) is 0 Å². The molecule has 6 heteroatoms. The van der Waals surface area contributed by atoms with Crippen molar-refractivity contribution >= 4 is 17.7 Å². The first-order valence-electron chi connectivity index (χ1n) is 5.30. The maximum atomic E-state index is 11.4. The number of hydrogen-bond donors (Lipinski definition) is 1. The summed E-state index contributed by atoms with van der Waals surface area (Å²) in [4.78, 5) is 22.8. The predicted molar refractivity (Wildman–Crippen MR) is 66.3 cm³/mol. The van der Waals surface area contributed by atoms with Gasteiger partial charge in [-0.1, -0.05) is 0 Å². The molecular formula is C12H15N2O4+.